The van der Waals surface area contributed by atoms with Crippen molar-refractivity contribution in [2.45, 2.75) is 0 Å². The maximum atomic E-state index is 5.58. The van der Waals surface area contributed by atoms with Crippen molar-refractivity contribution in [3.05, 3.63) is 59.3 Å². The Morgan fingerprint density at radius 3 is 2.44 bits per heavy atom. The molecular formula is C14H9BrN2O. The normalized spacial score (nSPS) is 10.5. The average Bonchev–Trinajstić information content (AvgIpc) is 2.40. The molecule has 0 bridgehead atoms. The minimum atomic E-state index is 0.356. The number of fused-ring (bicyclic) bond motifs is 1. The van der Waals surface area contributed by atoms with E-state index in [0.717, 1.165) is 21.0 Å². The molecule has 0 atom stereocenters. The SMILES string of the molecule is Brc1ccc2cc(Oc3ncccn3)ccc2c1. The fourth-order valence-electron chi connectivity index (χ4n) is 1.70. The zero-order chi connectivity index (χ0) is 12.4. The third-order valence-electron chi connectivity index (χ3n) is 2.52. The Bertz CT molecular complexity index is 686. The Labute approximate surface area is 113 Å². The highest BCUT2D eigenvalue weighted by atomic mass is 79.9. The van der Waals surface area contributed by atoms with E-state index in [1.807, 2.05) is 30.3 Å². The smallest absolute Gasteiger partial charge is 0.321 e. The molecule has 0 amide bonds. The van der Waals surface area contributed by atoms with Gasteiger partial charge < -0.3 is 4.74 Å². The number of aromatic nitrogens is 2. The first-order valence-electron chi connectivity index (χ1n) is 5.45. The maximum Gasteiger partial charge on any atom is 0.321 e. The zero-order valence-corrected chi connectivity index (χ0v) is 11.0. The Hall–Kier alpha value is -1.94. The summed E-state index contributed by atoms with van der Waals surface area (Å²) < 4.78 is 6.65. The number of halogens is 1. The molecule has 0 saturated carbocycles. The molecule has 0 saturated heterocycles. The highest BCUT2D eigenvalue weighted by molar-refractivity contribution is 9.10. The first kappa shape index (κ1) is 11.2. The summed E-state index contributed by atoms with van der Waals surface area (Å²) in [7, 11) is 0. The van der Waals surface area contributed by atoms with Crippen molar-refractivity contribution in [1.82, 2.24) is 9.97 Å². The number of benzene rings is 2. The van der Waals surface area contributed by atoms with Crippen LogP contribution in [-0.4, -0.2) is 9.97 Å². The molecule has 0 radical (unpaired) electrons. The van der Waals surface area contributed by atoms with E-state index in [0.29, 0.717) is 6.01 Å². The van der Waals surface area contributed by atoms with Gasteiger partial charge in [0.05, 0.1) is 0 Å². The van der Waals surface area contributed by atoms with E-state index in [1.54, 1.807) is 18.5 Å². The van der Waals surface area contributed by atoms with Crippen LogP contribution in [-0.2, 0) is 0 Å². The first-order valence-corrected chi connectivity index (χ1v) is 6.25. The van der Waals surface area contributed by atoms with Crippen LogP contribution in [0.5, 0.6) is 11.8 Å². The Morgan fingerprint density at radius 1 is 0.889 bits per heavy atom. The molecular weight excluding hydrogens is 292 g/mol. The van der Waals surface area contributed by atoms with Crippen LogP contribution >= 0.6 is 15.9 Å². The lowest BCUT2D eigenvalue weighted by molar-refractivity contribution is 0.442. The molecule has 0 unspecified atom stereocenters. The van der Waals surface area contributed by atoms with E-state index in [-0.39, 0.29) is 0 Å². The van der Waals surface area contributed by atoms with E-state index >= 15 is 0 Å². The van der Waals surface area contributed by atoms with Gasteiger partial charge in [-0.3, -0.25) is 0 Å². The first-order chi connectivity index (χ1) is 8.81. The minimum Gasteiger partial charge on any atom is -0.424 e. The molecule has 1 heterocycles. The monoisotopic (exact) mass is 300 g/mol. The average molecular weight is 301 g/mol. The largest absolute Gasteiger partial charge is 0.424 e. The summed E-state index contributed by atoms with van der Waals surface area (Å²) >= 11 is 3.45. The Morgan fingerprint density at radius 2 is 1.61 bits per heavy atom. The van der Waals surface area contributed by atoms with Crippen LogP contribution in [0.1, 0.15) is 0 Å². The zero-order valence-electron chi connectivity index (χ0n) is 9.38. The molecule has 1 aromatic heterocycles. The van der Waals surface area contributed by atoms with Crippen molar-refractivity contribution in [3.8, 4) is 11.8 Å². The van der Waals surface area contributed by atoms with E-state index in [4.69, 9.17) is 4.74 Å². The van der Waals surface area contributed by atoms with Gasteiger partial charge in [-0.05, 0) is 41.1 Å². The van der Waals surface area contributed by atoms with Gasteiger partial charge in [-0.25, -0.2) is 9.97 Å². The van der Waals surface area contributed by atoms with Gasteiger partial charge in [-0.1, -0.05) is 28.1 Å². The highest BCUT2D eigenvalue weighted by Gasteiger charge is 2.01. The van der Waals surface area contributed by atoms with Gasteiger partial charge in [0.15, 0.2) is 0 Å². The second kappa shape index (κ2) is 4.74. The fourth-order valence-corrected chi connectivity index (χ4v) is 2.08. The van der Waals surface area contributed by atoms with Gasteiger partial charge in [0.2, 0.25) is 0 Å². The summed E-state index contributed by atoms with van der Waals surface area (Å²) in [5.41, 5.74) is 0. The van der Waals surface area contributed by atoms with Gasteiger partial charge >= 0.3 is 6.01 Å². The van der Waals surface area contributed by atoms with Gasteiger partial charge in [0.1, 0.15) is 5.75 Å². The predicted molar refractivity (Wildman–Crippen MR) is 73.8 cm³/mol. The van der Waals surface area contributed by atoms with Crippen LogP contribution in [0.25, 0.3) is 10.8 Å². The number of rotatable bonds is 2. The van der Waals surface area contributed by atoms with Crippen LogP contribution in [0.2, 0.25) is 0 Å². The summed E-state index contributed by atoms with van der Waals surface area (Å²) in [6, 6.07) is 14.1. The molecule has 0 fully saturated rings. The van der Waals surface area contributed by atoms with Crippen LogP contribution < -0.4 is 4.74 Å². The van der Waals surface area contributed by atoms with E-state index < -0.39 is 0 Å². The molecule has 0 spiro atoms. The molecule has 18 heavy (non-hydrogen) atoms. The summed E-state index contributed by atoms with van der Waals surface area (Å²) in [6.07, 6.45) is 3.31. The van der Waals surface area contributed by atoms with Crippen LogP contribution in [0.3, 0.4) is 0 Å². The van der Waals surface area contributed by atoms with Crippen molar-refractivity contribution < 1.29 is 4.74 Å². The predicted octanol–water partition coefficient (Wildman–Crippen LogP) is 4.18. The summed E-state index contributed by atoms with van der Waals surface area (Å²) in [4.78, 5) is 8.05. The van der Waals surface area contributed by atoms with E-state index in [2.05, 4.69) is 32.0 Å². The van der Waals surface area contributed by atoms with Crippen molar-refractivity contribution >= 4 is 26.7 Å². The number of nitrogens with zero attached hydrogens (tertiary/aromatic N) is 2. The van der Waals surface area contributed by atoms with E-state index in [9.17, 15) is 0 Å². The van der Waals surface area contributed by atoms with Gasteiger partial charge in [0, 0.05) is 16.9 Å². The number of ether oxygens (including phenoxy) is 1. The molecule has 3 rings (SSSR count). The van der Waals surface area contributed by atoms with Crippen molar-refractivity contribution in [3.63, 3.8) is 0 Å². The quantitative estimate of drug-likeness (QED) is 0.712. The molecule has 3 nitrogen and oxygen atoms in total. The third-order valence-corrected chi connectivity index (χ3v) is 3.02. The molecule has 0 aliphatic heterocycles. The van der Waals surface area contributed by atoms with Crippen LogP contribution in [0.4, 0.5) is 0 Å². The molecule has 3 aromatic rings. The Kier molecular flexibility index (Phi) is 2.94. The third kappa shape index (κ3) is 2.33. The minimum absolute atomic E-state index is 0.356. The summed E-state index contributed by atoms with van der Waals surface area (Å²) in [5, 5.41) is 2.28. The molecule has 0 N–H and O–H groups in total. The van der Waals surface area contributed by atoms with Crippen molar-refractivity contribution in [2.24, 2.45) is 0 Å². The summed E-state index contributed by atoms with van der Waals surface area (Å²) in [5.74, 6) is 0.732. The molecule has 88 valence electrons. The number of hydrogen-bond donors (Lipinski definition) is 0. The fraction of sp³-hybridized carbons (Fsp3) is 0. The molecule has 4 heteroatoms. The Balaban J connectivity index is 1.96. The lowest BCUT2D eigenvalue weighted by Crippen LogP contribution is -1.89. The highest BCUT2D eigenvalue weighted by Crippen LogP contribution is 2.25. The molecule has 0 aliphatic carbocycles. The lowest BCUT2D eigenvalue weighted by atomic mass is 10.1. The van der Waals surface area contributed by atoms with Crippen LogP contribution in [0, 0.1) is 0 Å². The lowest BCUT2D eigenvalue weighted by Gasteiger charge is -2.05. The molecule has 2 aromatic carbocycles. The van der Waals surface area contributed by atoms with Crippen molar-refractivity contribution in [2.75, 3.05) is 0 Å². The van der Waals surface area contributed by atoms with Gasteiger partial charge in [-0.2, -0.15) is 0 Å². The van der Waals surface area contributed by atoms with Gasteiger partial charge in [-0.15, -0.1) is 0 Å². The van der Waals surface area contributed by atoms with Crippen molar-refractivity contribution in [1.29, 1.82) is 0 Å². The second-order valence-electron chi connectivity index (χ2n) is 3.79. The van der Waals surface area contributed by atoms with Gasteiger partial charge in [0.25, 0.3) is 0 Å². The second-order valence-corrected chi connectivity index (χ2v) is 4.70. The van der Waals surface area contributed by atoms with Crippen LogP contribution in [0.15, 0.2) is 59.3 Å². The van der Waals surface area contributed by atoms with E-state index in [1.165, 1.54) is 0 Å². The molecule has 0 aliphatic rings. The number of hydrogen-bond acceptors (Lipinski definition) is 3. The standard InChI is InChI=1S/C14H9BrN2O/c15-12-4-2-11-9-13(5-3-10(11)8-12)18-14-16-6-1-7-17-14/h1-9H. The maximum absolute atomic E-state index is 5.58. The summed E-state index contributed by atoms with van der Waals surface area (Å²) in [6.45, 7) is 0. The topological polar surface area (TPSA) is 35.0 Å².